The van der Waals surface area contributed by atoms with Crippen molar-refractivity contribution >= 4 is 18.8 Å². The van der Waals surface area contributed by atoms with Gasteiger partial charge in [-0.05, 0) is 0 Å². The summed E-state index contributed by atoms with van der Waals surface area (Å²) < 4.78 is 0. The van der Waals surface area contributed by atoms with Crippen LogP contribution in [-0.4, -0.2) is 46.5 Å². The van der Waals surface area contributed by atoms with Gasteiger partial charge in [-0.2, -0.15) is 26.2 Å². The molecule has 0 aliphatic heterocycles. The summed E-state index contributed by atoms with van der Waals surface area (Å²) in [6.07, 6.45) is 8.62. The first-order valence-corrected chi connectivity index (χ1v) is 14.5. The summed E-state index contributed by atoms with van der Waals surface area (Å²) in [6, 6.07) is 0. The quantitative estimate of drug-likeness (QED) is 0.112. The molecule has 0 unspecified atom stereocenters. The third-order valence-corrected chi connectivity index (χ3v) is 2.21. The van der Waals surface area contributed by atoms with Gasteiger partial charge in [0.1, 0.15) is 0 Å². The van der Waals surface area contributed by atoms with Crippen LogP contribution in [0.1, 0.15) is 51.4 Å². The number of unbranched alkanes of at least 4 members (excludes halogenated alkanes) is 6. The van der Waals surface area contributed by atoms with Crippen molar-refractivity contribution in [2.24, 2.45) is 0 Å². The fourth-order valence-electron chi connectivity index (χ4n) is 1.21. The Kier molecular flexibility index (Phi) is 279. The van der Waals surface area contributed by atoms with Gasteiger partial charge in [-0.3, -0.25) is 0 Å². The van der Waals surface area contributed by atoms with Gasteiger partial charge in [0, 0.05) is 0 Å². The van der Waals surface area contributed by atoms with Gasteiger partial charge in [0.05, 0.1) is 20.3 Å². The van der Waals surface area contributed by atoms with Gasteiger partial charge in [0.15, 0.2) is 0 Å². The van der Waals surface area contributed by atoms with E-state index in [0.717, 1.165) is 51.4 Å². The van der Waals surface area contributed by atoms with Crippen molar-refractivity contribution in [1.82, 2.24) is 0 Å². The van der Waals surface area contributed by atoms with Crippen molar-refractivity contribution in [3.8, 4) is 0 Å². The molecule has 0 saturated heterocycles. The second kappa shape index (κ2) is 124. The molecule has 0 rings (SSSR count). The van der Waals surface area contributed by atoms with Crippen molar-refractivity contribution in [3.63, 3.8) is 0 Å². The molecule has 0 aliphatic rings. The molecule has 0 aromatic heterocycles. The van der Waals surface area contributed by atoms with Crippen LogP contribution in [0, 0.1) is 61.3 Å². The molecule has 0 spiro atoms. The van der Waals surface area contributed by atoms with E-state index < -0.39 is 20.3 Å². The molecule has 0 aliphatic carbocycles. The van der Waals surface area contributed by atoms with Crippen LogP contribution in [0.15, 0.2) is 0 Å². The molecule has 0 saturated carbocycles. The predicted molar refractivity (Wildman–Crippen MR) is 159 cm³/mol. The van der Waals surface area contributed by atoms with Gasteiger partial charge < -0.3 is 121 Å². The first-order valence-electron chi connectivity index (χ1n) is 8.84. The molecule has 0 heterocycles. The summed E-state index contributed by atoms with van der Waals surface area (Å²) in [5.41, 5.74) is 27.2. The van der Waals surface area contributed by atoms with Crippen molar-refractivity contribution < 1.29 is 79.0 Å². The topological polar surface area (TPSA) is 561 Å². The van der Waals surface area contributed by atoms with E-state index in [-0.39, 0.29) is 58.0 Å². The molecule has 284 valence electrons. The fourth-order valence-corrected chi connectivity index (χ4v) is 1.21. The Balaban J connectivity index is -0.0000000163. The summed E-state index contributed by atoms with van der Waals surface area (Å²) in [7, 11) is 9.22. The van der Waals surface area contributed by atoms with Crippen LogP contribution in [0.3, 0.4) is 0 Å². The van der Waals surface area contributed by atoms with Crippen molar-refractivity contribution in [2.75, 3.05) is 26.2 Å². The zero-order valence-corrected chi connectivity index (χ0v) is 30.7. The minimum Gasteiger partial charge on any atom is -0.693 e. The maximum absolute atomic E-state index is 8.25. The average molecular weight is 1230 g/mol. The first kappa shape index (κ1) is 96.8. The van der Waals surface area contributed by atoms with E-state index in [9.17, 15) is 0 Å². The molecule has 31 heteroatoms. The Bertz CT molecular complexity index is 355. The van der Waals surface area contributed by atoms with E-state index in [1.54, 1.807) is 37.5 Å². The van der Waals surface area contributed by atoms with Crippen LogP contribution in [0.25, 0.3) is 59.8 Å². The van der Waals surface area contributed by atoms with Gasteiger partial charge in [0.2, 0.25) is 0 Å². The SMILES string of the molecule is O=[N+]([O-])[O-].O=[N+]([O-])[O-].O=[N+]([O-])[O-].O=[N+]([O-])[O-].[Cl][Pt+].[Cl][Pt+].[NH-]CCCCCC[NH-].[NH-]CCCCCC[NH-].[NH2-].[NH2-].[NH2-].[NH2-].[NH2-].[NH2-].[Pt+2]. The minimum atomic E-state index is -1.75. The predicted octanol–water partition coefficient (Wildman–Crippen LogP) is 10.0. The van der Waals surface area contributed by atoms with Gasteiger partial charge >= 0.3 is 77.4 Å². The summed E-state index contributed by atoms with van der Waals surface area (Å²) in [4.78, 5) is 33.0. The van der Waals surface area contributed by atoms with Crippen LogP contribution in [0.2, 0.25) is 0 Å². The summed E-state index contributed by atoms with van der Waals surface area (Å²) in [5.74, 6) is 0. The molecule has 0 fully saturated rings. The number of nitrogens with one attached hydrogen (secondary N) is 4. The molecular weight excluding hydrogens is 1190 g/mol. The van der Waals surface area contributed by atoms with Crippen LogP contribution in [0.5, 0.6) is 0 Å². The van der Waals surface area contributed by atoms with E-state index in [0.29, 0.717) is 26.2 Å². The smallest absolute Gasteiger partial charge is 0.693 e. The van der Waals surface area contributed by atoms with Crippen molar-refractivity contribution in [3.05, 3.63) is 121 Å². The molecule has 43 heavy (non-hydrogen) atoms. The molecule has 0 aromatic carbocycles. The largest absolute Gasteiger partial charge is 2.00 e. The maximum atomic E-state index is 8.25. The fraction of sp³-hybridized carbons (Fsp3) is 1.00. The number of hydrogen-bond donors (Lipinski definition) is 0. The van der Waals surface area contributed by atoms with E-state index in [4.69, 9.17) is 84.2 Å². The maximum Gasteiger partial charge on any atom is 2.00 e. The zero-order chi connectivity index (χ0) is 30.8. The van der Waals surface area contributed by atoms with E-state index in [2.05, 4.69) is 18.8 Å². The van der Waals surface area contributed by atoms with Crippen molar-refractivity contribution in [1.29, 1.82) is 0 Å². The number of halogens is 2. The van der Waals surface area contributed by atoms with Crippen molar-refractivity contribution in [2.45, 2.75) is 51.4 Å². The Morgan fingerprint density at radius 1 is 0.372 bits per heavy atom. The summed E-state index contributed by atoms with van der Waals surface area (Å²) >= 11 is 3.22. The normalized spacial score (nSPS) is 6.19. The molecular formula is C12H40Cl2N14O12Pt3-10. The van der Waals surface area contributed by atoms with Gasteiger partial charge in [0.25, 0.3) is 0 Å². The molecule has 26 nitrogen and oxygen atoms in total. The Labute approximate surface area is 294 Å². The number of rotatable bonds is 10. The number of hydrogen-bond acceptors (Lipinski definition) is 12. The average Bonchev–Trinajstić information content (AvgIpc) is 2.76. The monoisotopic (exact) mass is 1230 g/mol. The molecule has 0 radical (unpaired) electrons. The van der Waals surface area contributed by atoms with Gasteiger partial charge in [-0.25, -0.2) is 0 Å². The Morgan fingerprint density at radius 3 is 0.488 bits per heavy atom. The molecule has 0 bridgehead atoms. The Hall–Kier alpha value is -0.955. The van der Waals surface area contributed by atoms with Gasteiger partial charge in [-0.15, -0.1) is 0 Å². The standard InChI is InChI=1S/2C6H14N2.2ClH.4NO3.6H2N.3Pt/c2*7-5-3-1-2-4-6-8;;;4*2-1(3)4;;;;;;;;;/h2*7-8H,1-6H2;2*1H;;;;;6*1H2;;;/q2*-2;;;10*-1;3*+2/p-2. The molecule has 0 atom stereocenters. The van der Waals surface area contributed by atoms with Crippen LogP contribution in [-0.2, 0) is 58.6 Å². The number of nitrogens with two attached hydrogens (primary N) is 6. The summed E-state index contributed by atoms with van der Waals surface area (Å²) in [6.45, 7) is 2.21. The molecule has 0 amide bonds. The summed E-state index contributed by atoms with van der Waals surface area (Å²) in [5, 5.41) is 59.0. The third-order valence-electron chi connectivity index (χ3n) is 2.21. The second-order valence-corrected chi connectivity index (χ2v) is 4.72. The number of nitrogens with zero attached hydrogens (tertiary/aromatic N) is 4. The van der Waals surface area contributed by atoms with E-state index in [1.807, 2.05) is 0 Å². The van der Waals surface area contributed by atoms with E-state index >= 15 is 0 Å². The van der Waals surface area contributed by atoms with Crippen LogP contribution < -0.4 is 0 Å². The second-order valence-electron chi connectivity index (χ2n) is 4.72. The minimum absolute atomic E-state index is 0. The Morgan fingerprint density at radius 2 is 0.442 bits per heavy atom. The third kappa shape index (κ3) is 765. The van der Waals surface area contributed by atoms with Gasteiger partial charge in [-0.1, -0.05) is 51.4 Å². The van der Waals surface area contributed by atoms with E-state index in [1.165, 1.54) is 0 Å². The molecule has 0 aromatic rings. The molecule has 16 N–H and O–H groups in total. The first-order chi connectivity index (χ1) is 16.8. The van der Waals surface area contributed by atoms with Crippen LogP contribution in [0.4, 0.5) is 0 Å². The zero-order valence-electron chi connectivity index (χ0n) is 22.3. The van der Waals surface area contributed by atoms with Crippen LogP contribution >= 0.6 is 18.8 Å².